The normalized spacial score (nSPS) is 24.0. The third-order valence-electron chi connectivity index (χ3n) is 6.45. The van der Waals surface area contributed by atoms with Crippen molar-refractivity contribution in [1.29, 1.82) is 0 Å². The fourth-order valence-electron chi connectivity index (χ4n) is 5.13. The first-order valence-corrected chi connectivity index (χ1v) is 10.3. The maximum atomic E-state index is 13.3. The molecule has 2 fully saturated rings. The maximum Gasteiger partial charge on any atom is 0.270 e. The van der Waals surface area contributed by atoms with Gasteiger partial charge in [0.25, 0.3) is 5.91 Å². The van der Waals surface area contributed by atoms with Crippen LogP contribution in [-0.2, 0) is 6.54 Å². The molecule has 1 aromatic carbocycles. The smallest absolute Gasteiger partial charge is 0.270 e. The summed E-state index contributed by atoms with van der Waals surface area (Å²) in [5, 5.41) is 0. The summed E-state index contributed by atoms with van der Waals surface area (Å²) in [5.41, 5.74) is 4.32. The molecule has 148 valence electrons. The Kier molecular flexibility index (Phi) is 4.68. The molecule has 1 N–H and O–H groups in total. The van der Waals surface area contributed by atoms with Crippen LogP contribution in [-0.4, -0.2) is 45.3 Å². The van der Waals surface area contributed by atoms with E-state index in [2.05, 4.69) is 57.0 Å². The molecule has 0 bridgehead atoms. The molecule has 3 aromatic rings. The van der Waals surface area contributed by atoms with Crippen molar-refractivity contribution >= 4 is 5.91 Å². The van der Waals surface area contributed by atoms with Crippen molar-refractivity contribution in [3.63, 3.8) is 0 Å². The zero-order valence-electron chi connectivity index (χ0n) is 16.7. The summed E-state index contributed by atoms with van der Waals surface area (Å²) >= 11 is 0. The molecule has 5 heteroatoms. The molecule has 2 aliphatic rings. The van der Waals surface area contributed by atoms with Crippen LogP contribution in [0.3, 0.4) is 0 Å². The molecule has 0 aliphatic carbocycles. The zero-order chi connectivity index (χ0) is 19.8. The van der Waals surface area contributed by atoms with Crippen LogP contribution in [0.5, 0.6) is 0 Å². The summed E-state index contributed by atoms with van der Waals surface area (Å²) in [4.78, 5) is 25.5. The quantitative estimate of drug-likeness (QED) is 0.744. The Hall–Kier alpha value is -2.92. The van der Waals surface area contributed by atoms with Gasteiger partial charge >= 0.3 is 0 Å². The Morgan fingerprint density at radius 3 is 2.69 bits per heavy atom. The van der Waals surface area contributed by atoms with Gasteiger partial charge in [-0.15, -0.1) is 0 Å². The molecule has 0 spiro atoms. The first kappa shape index (κ1) is 18.1. The number of nitrogens with zero attached hydrogens (tertiary/aromatic N) is 3. The number of aryl methyl sites for hydroxylation is 1. The summed E-state index contributed by atoms with van der Waals surface area (Å²) < 4.78 is 0. The number of aromatic nitrogens is 2. The summed E-state index contributed by atoms with van der Waals surface area (Å²) in [6, 6.07) is 18.5. The number of hydrogen-bond acceptors (Lipinski definition) is 3. The van der Waals surface area contributed by atoms with Crippen molar-refractivity contribution in [3.8, 4) is 0 Å². The second-order valence-electron chi connectivity index (χ2n) is 8.28. The van der Waals surface area contributed by atoms with Gasteiger partial charge in [0.05, 0.1) is 11.7 Å². The standard InChI is InChI=1S/C24H26N4O/c1-17-7-2-3-9-20(17)23-21-16-27(15-19-8-4-5-11-25-19)13-18(21)14-28(23)24(29)22-10-6-12-26-22/h2-12,18,21,23,26H,13-16H2,1H3/t18-,21-,23+/m0/s1. The number of nitrogens with one attached hydrogen (secondary N) is 1. The summed E-state index contributed by atoms with van der Waals surface area (Å²) in [7, 11) is 0. The number of likely N-dealkylation sites (tertiary alicyclic amines) is 2. The predicted molar refractivity (Wildman–Crippen MR) is 112 cm³/mol. The number of fused-ring (bicyclic) bond motifs is 1. The number of amides is 1. The highest BCUT2D eigenvalue weighted by molar-refractivity contribution is 5.93. The molecule has 5 nitrogen and oxygen atoms in total. The zero-order valence-corrected chi connectivity index (χ0v) is 16.7. The van der Waals surface area contributed by atoms with E-state index in [1.165, 1.54) is 11.1 Å². The first-order chi connectivity index (χ1) is 14.2. The van der Waals surface area contributed by atoms with Crippen molar-refractivity contribution in [3.05, 3.63) is 89.5 Å². The first-order valence-electron chi connectivity index (χ1n) is 10.3. The van der Waals surface area contributed by atoms with E-state index in [1.807, 2.05) is 36.7 Å². The van der Waals surface area contributed by atoms with Gasteiger partial charge in [0.15, 0.2) is 0 Å². The summed E-state index contributed by atoms with van der Waals surface area (Å²) in [6.07, 6.45) is 3.68. The lowest BCUT2D eigenvalue weighted by Crippen LogP contribution is -2.36. The summed E-state index contributed by atoms with van der Waals surface area (Å²) in [5.74, 6) is 1.04. The average molecular weight is 386 g/mol. The number of aromatic amines is 1. The van der Waals surface area contributed by atoms with E-state index < -0.39 is 0 Å². The lowest BCUT2D eigenvalue weighted by Gasteiger charge is -2.30. The Morgan fingerprint density at radius 2 is 1.93 bits per heavy atom. The van der Waals surface area contributed by atoms with Crippen molar-refractivity contribution in [2.75, 3.05) is 19.6 Å². The van der Waals surface area contributed by atoms with E-state index >= 15 is 0 Å². The van der Waals surface area contributed by atoms with Crippen LogP contribution in [0.25, 0.3) is 0 Å². The van der Waals surface area contributed by atoms with Gasteiger partial charge in [0.1, 0.15) is 5.69 Å². The van der Waals surface area contributed by atoms with Crippen LogP contribution in [0.4, 0.5) is 0 Å². The van der Waals surface area contributed by atoms with Gasteiger partial charge in [0.2, 0.25) is 0 Å². The molecule has 0 radical (unpaired) electrons. The van der Waals surface area contributed by atoms with Crippen LogP contribution < -0.4 is 0 Å². The Morgan fingerprint density at radius 1 is 1.07 bits per heavy atom. The van der Waals surface area contributed by atoms with Gasteiger partial charge in [-0.25, -0.2) is 0 Å². The van der Waals surface area contributed by atoms with Crippen LogP contribution in [0.1, 0.15) is 33.4 Å². The third kappa shape index (κ3) is 3.36. The molecule has 3 atom stereocenters. The Labute approximate surface area is 171 Å². The average Bonchev–Trinajstić information content (AvgIpc) is 3.45. The molecule has 2 aromatic heterocycles. The van der Waals surface area contributed by atoms with Crippen LogP contribution >= 0.6 is 0 Å². The highest BCUT2D eigenvalue weighted by Gasteiger charge is 2.49. The second-order valence-corrected chi connectivity index (χ2v) is 8.28. The van der Waals surface area contributed by atoms with Crippen molar-refractivity contribution in [2.24, 2.45) is 11.8 Å². The highest BCUT2D eigenvalue weighted by atomic mass is 16.2. The lowest BCUT2D eigenvalue weighted by molar-refractivity contribution is 0.0694. The fourth-order valence-corrected chi connectivity index (χ4v) is 5.13. The summed E-state index contributed by atoms with van der Waals surface area (Å²) in [6.45, 7) is 5.84. The van der Waals surface area contributed by atoms with Crippen molar-refractivity contribution < 1.29 is 4.79 Å². The minimum atomic E-state index is 0.105. The number of carbonyl (C=O) groups excluding carboxylic acids is 1. The largest absolute Gasteiger partial charge is 0.357 e. The van der Waals surface area contributed by atoms with Crippen LogP contribution in [0.15, 0.2) is 67.0 Å². The van der Waals surface area contributed by atoms with Crippen molar-refractivity contribution in [2.45, 2.75) is 19.5 Å². The number of carbonyl (C=O) groups is 1. The SMILES string of the molecule is Cc1ccccc1[C@@H]1[C@H]2CN(Cc3ccccn3)C[C@H]2CN1C(=O)c1ccc[nH]1. The monoisotopic (exact) mass is 386 g/mol. The molecule has 2 saturated heterocycles. The molecule has 1 amide bonds. The van der Waals surface area contributed by atoms with Gasteiger partial charge in [0, 0.05) is 44.5 Å². The second kappa shape index (κ2) is 7.48. The van der Waals surface area contributed by atoms with Gasteiger partial charge in [-0.3, -0.25) is 14.7 Å². The lowest BCUT2D eigenvalue weighted by atomic mass is 9.87. The number of rotatable bonds is 4. The van der Waals surface area contributed by atoms with Gasteiger partial charge in [-0.2, -0.15) is 0 Å². The van der Waals surface area contributed by atoms with Crippen LogP contribution in [0.2, 0.25) is 0 Å². The van der Waals surface area contributed by atoms with Gasteiger partial charge in [-0.05, 0) is 48.2 Å². The maximum absolute atomic E-state index is 13.3. The molecule has 0 saturated carbocycles. The van der Waals surface area contributed by atoms with E-state index in [1.54, 1.807) is 0 Å². The molecule has 4 heterocycles. The van der Waals surface area contributed by atoms with Crippen LogP contribution in [0, 0.1) is 18.8 Å². The molecular weight excluding hydrogens is 360 g/mol. The number of benzene rings is 1. The molecule has 2 aliphatic heterocycles. The number of hydrogen-bond donors (Lipinski definition) is 1. The van der Waals surface area contributed by atoms with E-state index in [-0.39, 0.29) is 11.9 Å². The van der Waals surface area contributed by atoms with Crippen molar-refractivity contribution in [1.82, 2.24) is 19.8 Å². The highest BCUT2D eigenvalue weighted by Crippen LogP contribution is 2.46. The van der Waals surface area contributed by atoms with Gasteiger partial charge in [-0.1, -0.05) is 30.3 Å². The molecular formula is C24H26N4O. The number of H-pyrrole nitrogens is 1. The number of pyridine rings is 1. The Bertz CT molecular complexity index is 985. The van der Waals surface area contributed by atoms with Gasteiger partial charge < -0.3 is 9.88 Å². The van der Waals surface area contributed by atoms with E-state index in [0.29, 0.717) is 17.5 Å². The minimum Gasteiger partial charge on any atom is -0.357 e. The molecule has 0 unspecified atom stereocenters. The third-order valence-corrected chi connectivity index (χ3v) is 6.45. The fraction of sp³-hybridized carbons (Fsp3) is 0.333. The van der Waals surface area contributed by atoms with E-state index in [0.717, 1.165) is 31.9 Å². The molecule has 29 heavy (non-hydrogen) atoms. The van der Waals surface area contributed by atoms with E-state index in [4.69, 9.17) is 0 Å². The van der Waals surface area contributed by atoms with E-state index in [9.17, 15) is 4.79 Å². The predicted octanol–water partition coefficient (Wildman–Crippen LogP) is 3.66. The topological polar surface area (TPSA) is 52.2 Å². The molecule has 5 rings (SSSR count). The Balaban J connectivity index is 1.43. The minimum absolute atomic E-state index is 0.105.